The highest BCUT2D eigenvalue weighted by Crippen LogP contribution is 2.28. The second kappa shape index (κ2) is 8.61. The molecule has 0 atom stereocenters. The number of carbonyl (C=O) groups is 1. The second-order valence-corrected chi connectivity index (χ2v) is 9.67. The molecular formula is C23H30FN5O2. The molecule has 1 aromatic carbocycles. The molecule has 7 nitrogen and oxygen atoms in total. The first-order valence-corrected chi connectivity index (χ1v) is 10.4. The molecule has 0 saturated heterocycles. The Labute approximate surface area is 182 Å². The zero-order chi connectivity index (χ0) is 22.8. The van der Waals surface area contributed by atoms with Crippen molar-refractivity contribution in [2.45, 2.75) is 71.8 Å². The molecule has 3 rings (SSSR count). The lowest BCUT2D eigenvalue weighted by atomic mass is 9.92. The fourth-order valence-electron chi connectivity index (χ4n) is 3.03. The van der Waals surface area contributed by atoms with Gasteiger partial charge in [0.25, 0.3) is 0 Å². The van der Waals surface area contributed by atoms with Crippen LogP contribution < -0.4 is 5.32 Å². The smallest absolute Gasteiger partial charge is 0.226 e. The van der Waals surface area contributed by atoms with Gasteiger partial charge >= 0.3 is 0 Å². The van der Waals surface area contributed by atoms with Crippen molar-refractivity contribution in [3.63, 3.8) is 0 Å². The third-order valence-corrected chi connectivity index (χ3v) is 4.75. The average molecular weight is 428 g/mol. The largest absolute Gasteiger partial charge is 0.339 e. The number of halogens is 1. The highest BCUT2D eigenvalue weighted by Gasteiger charge is 2.25. The molecule has 2 heterocycles. The van der Waals surface area contributed by atoms with Crippen LogP contribution in [-0.2, 0) is 22.2 Å². The fraction of sp³-hybridized carbons (Fsp3) is 0.478. The minimum Gasteiger partial charge on any atom is -0.339 e. The normalized spacial score (nSPS) is 12.2. The lowest BCUT2D eigenvalue weighted by molar-refractivity contribution is -0.116. The van der Waals surface area contributed by atoms with E-state index in [4.69, 9.17) is 9.62 Å². The average Bonchev–Trinajstić information content (AvgIpc) is 3.29. The van der Waals surface area contributed by atoms with Gasteiger partial charge in [0.2, 0.25) is 17.6 Å². The highest BCUT2D eigenvalue weighted by molar-refractivity contribution is 5.90. The summed E-state index contributed by atoms with van der Waals surface area (Å²) in [6.07, 6.45) is 1.36. The number of amides is 1. The first-order valence-electron chi connectivity index (χ1n) is 10.4. The summed E-state index contributed by atoms with van der Waals surface area (Å²) in [5, 5.41) is 11.6. The Hall–Kier alpha value is -3.03. The van der Waals surface area contributed by atoms with Crippen molar-refractivity contribution in [1.29, 1.82) is 0 Å². The maximum Gasteiger partial charge on any atom is 0.226 e. The van der Waals surface area contributed by atoms with Gasteiger partial charge in [0.05, 0.1) is 11.2 Å². The summed E-state index contributed by atoms with van der Waals surface area (Å²) in [6, 6.07) is 7.84. The van der Waals surface area contributed by atoms with Crippen LogP contribution in [0, 0.1) is 5.82 Å². The Morgan fingerprint density at radius 3 is 2.42 bits per heavy atom. The topological polar surface area (TPSA) is 85.8 Å². The predicted octanol–water partition coefficient (Wildman–Crippen LogP) is 5.09. The van der Waals surface area contributed by atoms with Crippen LogP contribution in [-0.4, -0.2) is 25.8 Å². The van der Waals surface area contributed by atoms with E-state index < -0.39 is 0 Å². The van der Waals surface area contributed by atoms with Crippen molar-refractivity contribution in [3.8, 4) is 11.4 Å². The van der Waals surface area contributed by atoms with E-state index in [2.05, 4.69) is 57.0 Å². The Balaban J connectivity index is 1.59. The van der Waals surface area contributed by atoms with Gasteiger partial charge < -0.3 is 9.84 Å². The molecule has 2 aromatic heterocycles. The monoisotopic (exact) mass is 427 g/mol. The van der Waals surface area contributed by atoms with E-state index in [-0.39, 0.29) is 22.7 Å². The molecule has 0 fully saturated rings. The maximum absolute atomic E-state index is 13.0. The standard InChI is InChI=1S/C23H30FN5O2/c1-22(2,3)17-14-18(29(27-17)23(4,5)6)25-19(30)8-7-9-20-26-21(28-31-20)15-10-12-16(24)13-11-15/h10-14H,7-9H2,1-6H3,(H,25,30). The number of rotatable bonds is 6. The SMILES string of the molecule is CC(C)(C)c1cc(NC(=O)CCCc2nc(-c3ccc(F)cc3)no2)n(C(C)(C)C)n1. The molecule has 0 spiro atoms. The third kappa shape index (κ3) is 5.77. The summed E-state index contributed by atoms with van der Waals surface area (Å²) >= 11 is 0. The van der Waals surface area contributed by atoms with Crippen molar-refractivity contribution in [2.24, 2.45) is 0 Å². The first kappa shape index (κ1) is 22.7. The van der Waals surface area contributed by atoms with Crippen LogP contribution in [0.3, 0.4) is 0 Å². The molecule has 8 heteroatoms. The van der Waals surface area contributed by atoms with Gasteiger partial charge in [0.15, 0.2) is 0 Å². The number of carbonyl (C=O) groups excluding carboxylic acids is 1. The minimum absolute atomic E-state index is 0.0934. The molecule has 0 saturated carbocycles. The molecule has 0 bridgehead atoms. The molecule has 0 aliphatic rings. The summed E-state index contributed by atoms with van der Waals surface area (Å²) in [6.45, 7) is 12.4. The third-order valence-electron chi connectivity index (χ3n) is 4.75. The number of nitrogens with one attached hydrogen (secondary N) is 1. The van der Waals surface area contributed by atoms with Crippen molar-refractivity contribution in [2.75, 3.05) is 5.32 Å². The molecule has 0 aliphatic carbocycles. The zero-order valence-electron chi connectivity index (χ0n) is 19.0. The maximum atomic E-state index is 13.0. The number of hydrogen-bond donors (Lipinski definition) is 1. The minimum atomic E-state index is -0.319. The lowest BCUT2D eigenvalue weighted by Crippen LogP contribution is -2.27. The van der Waals surface area contributed by atoms with Gasteiger partial charge in [-0.3, -0.25) is 4.79 Å². The van der Waals surface area contributed by atoms with Gasteiger partial charge in [-0.2, -0.15) is 10.1 Å². The van der Waals surface area contributed by atoms with Crippen LogP contribution in [0.4, 0.5) is 10.2 Å². The molecule has 0 aliphatic heterocycles. The molecule has 166 valence electrons. The Morgan fingerprint density at radius 2 is 1.81 bits per heavy atom. The van der Waals surface area contributed by atoms with Gasteiger partial charge in [-0.05, 0) is 51.5 Å². The summed E-state index contributed by atoms with van der Waals surface area (Å²) in [5.41, 5.74) is 1.24. The Bertz CT molecular complexity index is 1040. The number of nitrogens with zero attached hydrogens (tertiary/aromatic N) is 4. The van der Waals surface area contributed by atoms with Crippen LogP contribution in [0.2, 0.25) is 0 Å². The number of aromatic nitrogens is 4. The van der Waals surface area contributed by atoms with Crippen molar-refractivity contribution >= 4 is 11.7 Å². The van der Waals surface area contributed by atoms with Crippen molar-refractivity contribution in [1.82, 2.24) is 19.9 Å². The quantitative estimate of drug-likeness (QED) is 0.592. The number of aryl methyl sites for hydroxylation is 1. The van der Waals surface area contributed by atoms with Gasteiger partial charge in [0.1, 0.15) is 11.6 Å². The molecular weight excluding hydrogens is 397 g/mol. The van der Waals surface area contributed by atoms with Crippen LogP contribution in [0.5, 0.6) is 0 Å². The van der Waals surface area contributed by atoms with E-state index in [9.17, 15) is 9.18 Å². The molecule has 3 aromatic rings. The Kier molecular flexibility index (Phi) is 6.29. The summed E-state index contributed by atoms with van der Waals surface area (Å²) < 4.78 is 20.2. The Morgan fingerprint density at radius 1 is 1.13 bits per heavy atom. The van der Waals surface area contributed by atoms with E-state index >= 15 is 0 Å². The highest BCUT2D eigenvalue weighted by atomic mass is 19.1. The van der Waals surface area contributed by atoms with Crippen molar-refractivity contribution in [3.05, 3.63) is 47.7 Å². The van der Waals surface area contributed by atoms with E-state index in [1.165, 1.54) is 12.1 Å². The van der Waals surface area contributed by atoms with E-state index in [1.807, 2.05) is 10.7 Å². The lowest BCUT2D eigenvalue weighted by Gasteiger charge is -2.23. The zero-order valence-corrected chi connectivity index (χ0v) is 19.0. The molecule has 0 unspecified atom stereocenters. The molecule has 31 heavy (non-hydrogen) atoms. The predicted molar refractivity (Wildman–Crippen MR) is 117 cm³/mol. The van der Waals surface area contributed by atoms with E-state index in [0.717, 1.165) is 5.69 Å². The summed E-state index contributed by atoms with van der Waals surface area (Å²) in [7, 11) is 0. The summed E-state index contributed by atoms with van der Waals surface area (Å²) in [5.74, 6) is 1.13. The molecule has 1 amide bonds. The van der Waals surface area contributed by atoms with Gasteiger partial charge in [-0.25, -0.2) is 9.07 Å². The molecule has 1 N–H and O–H groups in total. The summed E-state index contributed by atoms with van der Waals surface area (Å²) in [4.78, 5) is 16.9. The number of hydrogen-bond acceptors (Lipinski definition) is 5. The number of benzene rings is 1. The molecule has 0 radical (unpaired) electrons. The van der Waals surface area contributed by atoms with Crippen molar-refractivity contribution < 1.29 is 13.7 Å². The van der Waals surface area contributed by atoms with Crippen LogP contribution in [0.1, 0.15) is 66.0 Å². The van der Waals surface area contributed by atoms with Gasteiger partial charge in [0, 0.05) is 29.9 Å². The second-order valence-electron chi connectivity index (χ2n) is 9.67. The van der Waals surface area contributed by atoms with Crippen LogP contribution in [0.15, 0.2) is 34.9 Å². The fourth-order valence-corrected chi connectivity index (χ4v) is 3.03. The van der Waals surface area contributed by atoms with Crippen LogP contribution in [0.25, 0.3) is 11.4 Å². The van der Waals surface area contributed by atoms with Gasteiger partial charge in [-0.1, -0.05) is 25.9 Å². The number of anilines is 1. The van der Waals surface area contributed by atoms with Gasteiger partial charge in [-0.15, -0.1) is 0 Å². The van der Waals surface area contributed by atoms with Crippen LogP contribution >= 0.6 is 0 Å². The van der Waals surface area contributed by atoms with E-state index in [0.29, 0.717) is 42.4 Å². The first-order chi connectivity index (χ1) is 14.4. The van der Waals surface area contributed by atoms with E-state index in [1.54, 1.807) is 12.1 Å².